The van der Waals surface area contributed by atoms with Crippen molar-refractivity contribution in [3.8, 4) is 11.5 Å². The minimum Gasteiger partial charge on any atom is -0.493 e. The maximum Gasteiger partial charge on any atom is 0.329 e. The molecule has 0 aliphatic rings. The fraction of sp³-hybridized carbons (Fsp3) is 0.333. The minimum absolute atomic E-state index is 0.116. The van der Waals surface area contributed by atoms with Crippen LogP contribution in [0, 0.1) is 0 Å². The number of benzene rings is 2. The van der Waals surface area contributed by atoms with Gasteiger partial charge in [0.15, 0.2) is 18.1 Å². The lowest BCUT2D eigenvalue weighted by Crippen LogP contribution is -2.38. The summed E-state index contributed by atoms with van der Waals surface area (Å²) in [6.45, 7) is 4.45. The van der Waals surface area contributed by atoms with E-state index in [0.29, 0.717) is 42.3 Å². The molecule has 2 aromatic carbocycles. The summed E-state index contributed by atoms with van der Waals surface area (Å²) in [5.74, 6) is -1.25. The van der Waals surface area contributed by atoms with E-state index in [1.807, 2.05) is 26.0 Å². The standard InChI is InChI=1S/C24H29BrN4O6/c1-16(2)34-12-4-11-26-23(31)24(32)29-27-14-17-5-10-20(21(13-17)33-3)35-15-22(30)28-19-8-6-18(25)7-9-19/h5-10,13-14,16H,4,11-12,15H2,1-3H3,(H,26,31)(H,28,30)(H,29,32)/b27-14-. The van der Waals surface area contributed by atoms with Crippen LogP contribution in [0.3, 0.4) is 0 Å². The third kappa shape index (κ3) is 10.6. The van der Waals surface area contributed by atoms with Crippen molar-refractivity contribution < 1.29 is 28.6 Å². The van der Waals surface area contributed by atoms with Crippen molar-refractivity contribution in [2.24, 2.45) is 5.10 Å². The number of amides is 3. The van der Waals surface area contributed by atoms with Gasteiger partial charge in [-0.1, -0.05) is 15.9 Å². The first-order valence-corrected chi connectivity index (χ1v) is 11.7. The van der Waals surface area contributed by atoms with Crippen LogP contribution in [-0.2, 0) is 19.1 Å². The molecule has 0 heterocycles. The van der Waals surface area contributed by atoms with Crippen molar-refractivity contribution >= 4 is 45.6 Å². The molecule has 35 heavy (non-hydrogen) atoms. The molecule has 0 spiro atoms. The second-order valence-corrected chi connectivity index (χ2v) is 8.40. The van der Waals surface area contributed by atoms with Crippen molar-refractivity contribution in [2.75, 3.05) is 32.2 Å². The minimum atomic E-state index is -0.880. The van der Waals surface area contributed by atoms with E-state index in [4.69, 9.17) is 14.2 Å². The molecule has 0 saturated carbocycles. The third-order valence-corrected chi connectivity index (χ3v) is 4.85. The molecule has 0 fully saturated rings. The van der Waals surface area contributed by atoms with Gasteiger partial charge in [0.1, 0.15) is 0 Å². The number of hydrogen-bond donors (Lipinski definition) is 3. The Labute approximate surface area is 212 Å². The van der Waals surface area contributed by atoms with Crippen LogP contribution in [-0.4, -0.2) is 56.9 Å². The molecule has 0 aliphatic carbocycles. The van der Waals surface area contributed by atoms with Gasteiger partial charge in [0, 0.05) is 23.3 Å². The molecule has 10 nitrogen and oxygen atoms in total. The van der Waals surface area contributed by atoms with E-state index >= 15 is 0 Å². The Morgan fingerprint density at radius 1 is 1.06 bits per heavy atom. The Bertz CT molecular complexity index is 1030. The number of nitrogens with zero attached hydrogens (tertiary/aromatic N) is 1. The van der Waals surface area contributed by atoms with Crippen molar-refractivity contribution in [2.45, 2.75) is 26.4 Å². The molecule has 0 aromatic heterocycles. The molecule has 188 valence electrons. The molecule has 11 heteroatoms. The van der Waals surface area contributed by atoms with Crippen molar-refractivity contribution in [3.05, 3.63) is 52.5 Å². The summed E-state index contributed by atoms with van der Waals surface area (Å²) in [6, 6.07) is 12.1. The second-order valence-electron chi connectivity index (χ2n) is 7.48. The first-order valence-electron chi connectivity index (χ1n) is 10.9. The van der Waals surface area contributed by atoms with E-state index in [1.165, 1.54) is 13.3 Å². The fourth-order valence-corrected chi connectivity index (χ4v) is 2.91. The molecule has 0 radical (unpaired) electrons. The zero-order valence-corrected chi connectivity index (χ0v) is 21.4. The maximum absolute atomic E-state index is 12.1. The number of rotatable bonds is 12. The average molecular weight is 549 g/mol. The summed E-state index contributed by atoms with van der Waals surface area (Å²) in [5, 5.41) is 9.02. The Hall–Kier alpha value is -3.44. The van der Waals surface area contributed by atoms with Crippen LogP contribution in [0.25, 0.3) is 0 Å². The van der Waals surface area contributed by atoms with E-state index in [1.54, 1.807) is 30.3 Å². The second kappa shape index (κ2) is 14.7. The van der Waals surface area contributed by atoms with Crippen LogP contribution in [0.15, 0.2) is 52.0 Å². The average Bonchev–Trinajstić information content (AvgIpc) is 2.83. The van der Waals surface area contributed by atoms with E-state index in [-0.39, 0.29) is 18.6 Å². The summed E-state index contributed by atoms with van der Waals surface area (Å²) >= 11 is 3.34. The topological polar surface area (TPSA) is 127 Å². The molecule has 0 atom stereocenters. The SMILES string of the molecule is COc1cc(/C=N\NC(=O)C(=O)NCCCOC(C)C)ccc1OCC(=O)Nc1ccc(Br)cc1. The first kappa shape index (κ1) is 27.8. The van der Waals surface area contributed by atoms with Gasteiger partial charge in [-0.3, -0.25) is 14.4 Å². The third-order valence-electron chi connectivity index (χ3n) is 4.32. The number of hydrazone groups is 1. The number of hydrogen-bond acceptors (Lipinski definition) is 7. The number of halogens is 1. The lowest BCUT2D eigenvalue weighted by atomic mass is 10.2. The predicted molar refractivity (Wildman–Crippen MR) is 136 cm³/mol. The summed E-state index contributed by atoms with van der Waals surface area (Å²) in [7, 11) is 1.46. The van der Waals surface area contributed by atoms with Crippen molar-refractivity contribution in [1.29, 1.82) is 0 Å². The van der Waals surface area contributed by atoms with Gasteiger partial charge in [-0.05, 0) is 68.3 Å². The molecule has 0 saturated heterocycles. The summed E-state index contributed by atoms with van der Waals surface area (Å²) < 4.78 is 17.1. The van der Waals surface area contributed by atoms with Crippen LogP contribution in [0.5, 0.6) is 11.5 Å². The summed E-state index contributed by atoms with van der Waals surface area (Å²) in [5.41, 5.74) is 3.40. The molecule has 2 rings (SSSR count). The predicted octanol–water partition coefficient (Wildman–Crippen LogP) is 2.86. The Balaban J connectivity index is 1.80. The highest BCUT2D eigenvalue weighted by Crippen LogP contribution is 2.27. The monoisotopic (exact) mass is 548 g/mol. The molecule has 0 aliphatic heterocycles. The van der Waals surface area contributed by atoms with Crippen LogP contribution in [0.1, 0.15) is 25.8 Å². The van der Waals surface area contributed by atoms with E-state index in [2.05, 4.69) is 37.1 Å². The van der Waals surface area contributed by atoms with Crippen LogP contribution in [0.4, 0.5) is 5.69 Å². The number of carbonyl (C=O) groups is 3. The molecule has 3 N–H and O–H groups in total. The zero-order chi connectivity index (χ0) is 25.6. The smallest absolute Gasteiger partial charge is 0.329 e. The Morgan fingerprint density at radius 2 is 1.80 bits per heavy atom. The van der Waals surface area contributed by atoms with E-state index in [9.17, 15) is 14.4 Å². The first-order chi connectivity index (χ1) is 16.8. The highest BCUT2D eigenvalue weighted by atomic mass is 79.9. The molecular weight excluding hydrogens is 520 g/mol. The largest absolute Gasteiger partial charge is 0.493 e. The van der Waals surface area contributed by atoms with Gasteiger partial charge in [0.2, 0.25) is 0 Å². The quantitative estimate of drug-likeness (QED) is 0.162. The molecule has 2 aromatic rings. The van der Waals surface area contributed by atoms with Crippen LogP contribution >= 0.6 is 15.9 Å². The fourth-order valence-electron chi connectivity index (χ4n) is 2.65. The van der Waals surface area contributed by atoms with Crippen molar-refractivity contribution in [3.63, 3.8) is 0 Å². The highest BCUT2D eigenvalue weighted by Gasteiger charge is 2.12. The van der Waals surface area contributed by atoms with Gasteiger partial charge in [0.05, 0.1) is 19.4 Å². The van der Waals surface area contributed by atoms with Crippen LogP contribution in [0.2, 0.25) is 0 Å². The van der Waals surface area contributed by atoms with Gasteiger partial charge in [0.25, 0.3) is 5.91 Å². The highest BCUT2D eigenvalue weighted by molar-refractivity contribution is 9.10. The number of methoxy groups -OCH3 is 1. The van der Waals surface area contributed by atoms with Gasteiger partial charge in [-0.25, -0.2) is 5.43 Å². The van der Waals surface area contributed by atoms with Gasteiger partial charge in [-0.2, -0.15) is 5.10 Å². The number of nitrogens with one attached hydrogen (secondary N) is 3. The number of carbonyl (C=O) groups excluding carboxylic acids is 3. The molecular formula is C24H29BrN4O6. The summed E-state index contributed by atoms with van der Waals surface area (Å²) in [6.07, 6.45) is 2.07. The molecule has 0 bridgehead atoms. The van der Waals surface area contributed by atoms with Crippen LogP contribution < -0.4 is 25.5 Å². The Kier molecular flexibility index (Phi) is 11.7. The maximum atomic E-state index is 12.1. The zero-order valence-electron chi connectivity index (χ0n) is 19.8. The number of anilines is 1. The normalized spacial score (nSPS) is 10.8. The summed E-state index contributed by atoms with van der Waals surface area (Å²) in [4.78, 5) is 35.7. The van der Waals surface area contributed by atoms with Crippen molar-refractivity contribution in [1.82, 2.24) is 10.7 Å². The molecule has 0 unspecified atom stereocenters. The Morgan fingerprint density at radius 3 is 2.49 bits per heavy atom. The van der Waals surface area contributed by atoms with Gasteiger partial charge < -0.3 is 24.8 Å². The van der Waals surface area contributed by atoms with Gasteiger partial charge in [-0.15, -0.1) is 0 Å². The lowest BCUT2D eigenvalue weighted by Gasteiger charge is -2.11. The molecule has 3 amide bonds. The number of ether oxygens (including phenoxy) is 3. The van der Waals surface area contributed by atoms with Gasteiger partial charge >= 0.3 is 11.8 Å². The lowest BCUT2D eigenvalue weighted by molar-refractivity contribution is -0.139. The van der Waals surface area contributed by atoms with E-state index < -0.39 is 11.8 Å². The van der Waals surface area contributed by atoms with E-state index in [0.717, 1.165) is 4.47 Å².